The maximum atomic E-state index is 12.0. The second-order valence-electron chi connectivity index (χ2n) is 3.91. The first kappa shape index (κ1) is 14.5. The molecule has 1 aromatic rings. The molecule has 0 aliphatic heterocycles. The molecule has 0 fully saturated rings. The Balaban J connectivity index is 2.60. The highest BCUT2D eigenvalue weighted by molar-refractivity contribution is 5.56. The maximum absolute atomic E-state index is 12.0. The topological polar surface area (TPSA) is 49.8 Å². The summed E-state index contributed by atoms with van der Waals surface area (Å²) < 4.78 is 36.1. The van der Waals surface area contributed by atoms with E-state index in [4.69, 9.17) is 0 Å². The molecule has 102 valence electrons. The van der Waals surface area contributed by atoms with E-state index in [2.05, 4.69) is 20.6 Å². The summed E-state index contributed by atoms with van der Waals surface area (Å²) in [5, 5.41) is 5.77. The molecular weight excluding hydrogens is 245 g/mol. The van der Waals surface area contributed by atoms with Gasteiger partial charge in [0.1, 0.15) is 18.0 Å². The second-order valence-corrected chi connectivity index (χ2v) is 3.91. The highest BCUT2D eigenvalue weighted by Crippen LogP contribution is 2.21. The number of alkyl halides is 3. The molecule has 7 heteroatoms. The van der Waals surface area contributed by atoms with Crippen molar-refractivity contribution in [1.82, 2.24) is 9.97 Å². The van der Waals surface area contributed by atoms with Gasteiger partial charge in [0.2, 0.25) is 0 Å². The van der Waals surface area contributed by atoms with E-state index in [0.29, 0.717) is 11.6 Å². The van der Waals surface area contributed by atoms with E-state index in [1.54, 1.807) is 6.92 Å². The Labute approximate surface area is 104 Å². The summed E-state index contributed by atoms with van der Waals surface area (Å²) in [6, 6.07) is 0. The van der Waals surface area contributed by atoms with Crippen LogP contribution in [0.3, 0.4) is 0 Å². The quantitative estimate of drug-likeness (QED) is 0.827. The van der Waals surface area contributed by atoms with Crippen LogP contribution in [-0.4, -0.2) is 29.2 Å². The summed E-state index contributed by atoms with van der Waals surface area (Å²) in [4.78, 5) is 7.99. The molecule has 0 atom stereocenters. The number of hydrogen-bond donors (Lipinski definition) is 2. The van der Waals surface area contributed by atoms with Crippen molar-refractivity contribution in [2.24, 2.45) is 0 Å². The Morgan fingerprint density at radius 2 is 1.67 bits per heavy atom. The minimum absolute atomic E-state index is 0.186. The monoisotopic (exact) mass is 262 g/mol. The van der Waals surface area contributed by atoms with Crippen LogP contribution in [0.2, 0.25) is 0 Å². The number of aromatic nitrogens is 2. The van der Waals surface area contributed by atoms with Crippen molar-refractivity contribution < 1.29 is 13.2 Å². The molecule has 0 aliphatic rings. The smallest absolute Gasteiger partial charge is 0.370 e. The van der Waals surface area contributed by atoms with Gasteiger partial charge in [-0.1, -0.05) is 6.92 Å². The average molecular weight is 262 g/mol. The summed E-state index contributed by atoms with van der Waals surface area (Å²) in [5.74, 6) is 1.09. The Morgan fingerprint density at radius 3 is 2.17 bits per heavy atom. The molecule has 1 heterocycles. The molecule has 0 saturated carbocycles. The third-order valence-electron chi connectivity index (χ3n) is 2.33. The summed E-state index contributed by atoms with van der Waals surface area (Å²) >= 11 is 0. The summed E-state index contributed by atoms with van der Waals surface area (Å²) in [6.45, 7) is 4.37. The zero-order valence-electron chi connectivity index (χ0n) is 10.4. The summed E-state index contributed by atoms with van der Waals surface area (Å²) in [6.07, 6.45) is -2.76. The first-order valence-electron chi connectivity index (χ1n) is 5.80. The molecule has 0 bridgehead atoms. The van der Waals surface area contributed by atoms with Crippen LogP contribution in [0.25, 0.3) is 0 Å². The lowest BCUT2D eigenvalue weighted by atomic mass is 10.3. The zero-order valence-corrected chi connectivity index (χ0v) is 10.4. The van der Waals surface area contributed by atoms with Gasteiger partial charge in [0.05, 0.1) is 6.42 Å². The largest absolute Gasteiger partial charge is 0.390 e. The van der Waals surface area contributed by atoms with E-state index in [1.165, 1.54) is 6.33 Å². The lowest BCUT2D eigenvalue weighted by Gasteiger charge is -2.13. The molecule has 1 rings (SSSR count). The van der Waals surface area contributed by atoms with Crippen molar-refractivity contribution in [2.45, 2.75) is 32.9 Å². The van der Waals surface area contributed by atoms with E-state index >= 15 is 0 Å². The predicted octanol–water partition coefficient (Wildman–Crippen LogP) is 2.97. The van der Waals surface area contributed by atoms with Gasteiger partial charge in [0.25, 0.3) is 0 Å². The van der Waals surface area contributed by atoms with Gasteiger partial charge in [-0.2, -0.15) is 13.2 Å². The van der Waals surface area contributed by atoms with Gasteiger partial charge in [-0.3, -0.25) is 0 Å². The third-order valence-corrected chi connectivity index (χ3v) is 2.33. The van der Waals surface area contributed by atoms with Gasteiger partial charge in [-0.25, -0.2) is 9.97 Å². The van der Waals surface area contributed by atoms with Crippen LogP contribution < -0.4 is 10.6 Å². The summed E-state index contributed by atoms with van der Waals surface area (Å²) in [5.41, 5.74) is 0.730. The number of nitrogens with one attached hydrogen (secondary N) is 2. The second kappa shape index (κ2) is 6.42. The fraction of sp³-hybridized carbons (Fsp3) is 0.636. The Hall–Kier alpha value is -1.53. The van der Waals surface area contributed by atoms with Gasteiger partial charge >= 0.3 is 6.18 Å². The molecule has 0 saturated heterocycles. The standard InChI is InChI=1S/C11H17F3N4/c1-3-5-15-9-8(2)10(18-7-17-9)16-6-4-11(12,13)14/h7H,3-6H2,1-2H3,(H2,15,16,17,18). The average Bonchev–Trinajstić information content (AvgIpc) is 2.28. The molecule has 0 spiro atoms. The maximum Gasteiger partial charge on any atom is 0.390 e. The molecule has 1 aromatic heterocycles. The number of nitrogens with zero attached hydrogens (tertiary/aromatic N) is 2. The molecule has 18 heavy (non-hydrogen) atoms. The minimum Gasteiger partial charge on any atom is -0.370 e. The lowest BCUT2D eigenvalue weighted by Crippen LogP contribution is -2.16. The van der Waals surface area contributed by atoms with Crippen LogP contribution in [0.1, 0.15) is 25.3 Å². The Bertz CT molecular complexity index is 379. The van der Waals surface area contributed by atoms with Gasteiger partial charge in [0.15, 0.2) is 0 Å². The van der Waals surface area contributed by atoms with Crippen LogP contribution in [-0.2, 0) is 0 Å². The van der Waals surface area contributed by atoms with Gasteiger partial charge in [0, 0.05) is 18.7 Å². The molecule has 0 aromatic carbocycles. The predicted molar refractivity (Wildman–Crippen MR) is 64.7 cm³/mol. The van der Waals surface area contributed by atoms with Crippen molar-refractivity contribution in [3.63, 3.8) is 0 Å². The number of halogens is 3. The van der Waals surface area contributed by atoms with Crippen LogP contribution in [0.4, 0.5) is 24.8 Å². The SMILES string of the molecule is CCCNc1ncnc(NCCC(F)(F)F)c1C. The number of hydrogen-bond acceptors (Lipinski definition) is 4. The highest BCUT2D eigenvalue weighted by atomic mass is 19.4. The fourth-order valence-electron chi connectivity index (χ4n) is 1.37. The van der Waals surface area contributed by atoms with E-state index in [9.17, 15) is 13.2 Å². The molecular formula is C11H17F3N4. The van der Waals surface area contributed by atoms with Crippen LogP contribution in [0.5, 0.6) is 0 Å². The van der Waals surface area contributed by atoms with E-state index in [-0.39, 0.29) is 6.54 Å². The number of rotatable bonds is 6. The van der Waals surface area contributed by atoms with E-state index < -0.39 is 12.6 Å². The van der Waals surface area contributed by atoms with Gasteiger partial charge < -0.3 is 10.6 Å². The number of anilines is 2. The molecule has 4 nitrogen and oxygen atoms in total. The fourth-order valence-corrected chi connectivity index (χ4v) is 1.37. The first-order valence-corrected chi connectivity index (χ1v) is 5.80. The van der Waals surface area contributed by atoms with Gasteiger partial charge in [-0.05, 0) is 13.3 Å². The van der Waals surface area contributed by atoms with Crippen molar-refractivity contribution in [2.75, 3.05) is 23.7 Å². The van der Waals surface area contributed by atoms with E-state index in [0.717, 1.165) is 18.5 Å². The minimum atomic E-state index is -4.16. The van der Waals surface area contributed by atoms with Crippen molar-refractivity contribution in [3.8, 4) is 0 Å². The molecule has 0 aliphatic carbocycles. The molecule has 0 unspecified atom stereocenters. The lowest BCUT2D eigenvalue weighted by molar-refractivity contribution is -0.131. The van der Waals surface area contributed by atoms with Crippen LogP contribution in [0, 0.1) is 6.92 Å². The molecule has 0 radical (unpaired) electrons. The summed E-state index contributed by atoms with van der Waals surface area (Å²) in [7, 11) is 0. The third kappa shape index (κ3) is 4.77. The zero-order chi connectivity index (χ0) is 13.6. The Kier molecular flexibility index (Phi) is 5.18. The first-order chi connectivity index (χ1) is 8.44. The Morgan fingerprint density at radius 1 is 1.11 bits per heavy atom. The highest BCUT2D eigenvalue weighted by Gasteiger charge is 2.26. The van der Waals surface area contributed by atoms with Gasteiger partial charge in [-0.15, -0.1) is 0 Å². The van der Waals surface area contributed by atoms with E-state index in [1.807, 2.05) is 6.92 Å². The van der Waals surface area contributed by atoms with Crippen molar-refractivity contribution >= 4 is 11.6 Å². The molecule has 0 amide bonds. The molecule has 2 N–H and O–H groups in total. The van der Waals surface area contributed by atoms with Crippen LogP contribution >= 0.6 is 0 Å². The van der Waals surface area contributed by atoms with Crippen LogP contribution in [0.15, 0.2) is 6.33 Å². The normalized spacial score (nSPS) is 11.4. The van der Waals surface area contributed by atoms with Crippen molar-refractivity contribution in [3.05, 3.63) is 11.9 Å². The van der Waals surface area contributed by atoms with Crippen molar-refractivity contribution in [1.29, 1.82) is 0 Å².